The highest BCUT2D eigenvalue weighted by Crippen LogP contribution is 2.40. The minimum atomic E-state index is -4.55. The average molecular weight is 534 g/mol. The molecule has 2 atom stereocenters. The molecular formula is C29H28F5NO3. The van der Waals surface area contributed by atoms with Gasteiger partial charge in [-0.05, 0) is 72.4 Å². The quantitative estimate of drug-likeness (QED) is 0.300. The van der Waals surface area contributed by atoms with Gasteiger partial charge in [-0.25, -0.2) is 13.6 Å². The zero-order chi connectivity index (χ0) is 27.9. The molecule has 3 aromatic carbocycles. The minimum Gasteiger partial charge on any atom is -0.496 e. The summed E-state index contributed by atoms with van der Waals surface area (Å²) in [5.41, 5.74) is 1.70. The van der Waals surface area contributed by atoms with Crippen molar-refractivity contribution in [1.29, 1.82) is 0 Å². The van der Waals surface area contributed by atoms with Crippen LogP contribution in [0.5, 0.6) is 5.75 Å². The molecule has 0 N–H and O–H groups in total. The van der Waals surface area contributed by atoms with E-state index in [-0.39, 0.29) is 23.8 Å². The normalized spacial score (nSPS) is 17.8. The molecule has 0 spiro atoms. The van der Waals surface area contributed by atoms with Crippen LogP contribution in [0.4, 0.5) is 26.7 Å². The predicted molar refractivity (Wildman–Crippen MR) is 133 cm³/mol. The Kier molecular flexibility index (Phi) is 7.41. The molecule has 4 nitrogen and oxygen atoms in total. The van der Waals surface area contributed by atoms with E-state index < -0.39 is 41.6 Å². The number of alkyl halides is 3. The van der Waals surface area contributed by atoms with Crippen molar-refractivity contribution >= 4 is 6.09 Å². The molecule has 0 saturated carbocycles. The topological polar surface area (TPSA) is 38.8 Å². The number of ether oxygens (including phenoxy) is 2. The Morgan fingerprint density at radius 3 is 2.37 bits per heavy atom. The second kappa shape index (κ2) is 10.3. The van der Waals surface area contributed by atoms with Crippen molar-refractivity contribution in [3.05, 3.63) is 88.0 Å². The number of aryl methyl sites for hydroxylation is 1. The molecule has 0 bridgehead atoms. The highest BCUT2D eigenvalue weighted by molar-refractivity contribution is 5.76. The molecule has 38 heavy (non-hydrogen) atoms. The monoisotopic (exact) mass is 533 g/mol. The Morgan fingerprint density at radius 2 is 1.74 bits per heavy atom. The maximum Gasteiger partial charge on any atom is 0.416 e. The van der Waals surface area contributed by atoms with Crippen molar-refractivity contribution in [2.45, 2.75) is 58.5 Å². The van der Waals surface area contributed by atoms with E-state index in [1.165, 1.54) is 36.3 Å². The smallest absolute Gasteiger partial charge is 0.416 e. The van der Waals surface area contributed by atoms with E-state index in [4.69, 9.17) is 9.47 Å². The first-order chi connectivity index (χ1) is 17.8. The van der Waals surface area contributed by atoms with Crippen LogP contribution in [0.2, 0.25) is 0 Å². The predicted octanol–water partition coefficient (Wildman–Crippen LogP) is 8.17. The van der Waals surface area contributed by atoms with Gasteiger partial charge in [-0.15, -0.1) is 0 Å². The molecule has 0 aromatic heterocycles. The molecule has 9 heteroatoms. The Morgan fingerprint density at radius 1 is 1.03 bits per heavy atom. The largest absolute Gasteiger partial charge is 0.496 e. The molecule has 1 heterocycles. The van der Waals surface area contributed by atoms with E-state index in [0.29, 0.717) is 27.8 Å². The molecule has 4 rings (SSSR count). The number of benzene rings is 3. The second-order valence-electron chi connectivity index (χ2n) is 9.83. The van der Waals surface area contributed by atoms with E-state index >= 15 is 0 Å². The van der Waals surface area contributed by atoms with Crippen molar-refractivity contribution in [3.8, 4) is 16.9 Å². The van der Waals surface area contributed by atoms with Crippen LogP contribution in [0.25, 0.3) is 11.1 Å². The Hall–Kier alpha value is -3.62. The number of rotatable bonds is 6. The molecule has 1 fully saturated rings. The summed E-state index contributed by atoms with van der Waals surface area (Å²) < 4.78 is 80.1. The van der Waals surface area contributed by atoms with Crippen LogP contribution in [0.15, 0.2) is 48.5 Å². The van der Waals surface area contributed by atoms with Gasteiger partial charge in [-0.3, -0.25) is 4.90 Å². The summed E-state index contributed by atoms with van der Waals surface area (Å²) in [6.45, 7) is 6.81. The number of amides is 1. The molecule has 0 aliphatic carbocycles. The maximum atomic E-state index is 14.6. The average Bonchev–Trinajstić information content (AvgIpc) is 3.11. The lowest BCUT2D eigenvalue weighted by Crippen LogP contribution is -2.31. The molecule has 1 amide bonds. The van der Waals surface area contributed by atoms with Crippen LogP contribution in [0.1, 0.15) is 60.6 Å². The van der Waals surface area contributed by atoms with Gasteiger partial charge in [0.05, 0.1) is 25.3 Å². The minimum absolute atomic E-state index is 0.0842. The molecule has 1 aliphatic rings. The lowest BCUT2D eigenvalue weighted by molar-refractivity contribution is -0.137. The van der Waals surface area contributed by atoms with Gasteiger partial charge in [-0.2, -0.15) is 13.2 Å². The number of carbonyl (C=O) groups excluding carboxylic acids is 1. The number of hydrogen-bond acceptors (Lipinski definition) is 3. The fourth-order valence-corrected chi connectivity index (χ4v) is 4.83. The van der Waals surface area contributed by atoms with Crippen LogP contribution in [0, 0.1) is 18.6 Å². The number of nitrogens with zero attached hydrogens (tertiary/aromatic N) is 1. The van der Waals surface area contributed by atoms with Gasteiger partial charge in [0.2, 0.25) is 0 Å². The number of cyclic esters (lactones) is 1. The molecule has 202 valence electrons. The Balaban J connectivity index is 1.72. The van der Waals surface area contributed by atoms with Gasteiger partial charge in [0.25, 0.3) is 0 Å². The van der Waals surface area contributed by atoms with Crippen molar-refractivity contribution in [1.82, 2.24) is 4.90 Å². The lowest BCUT2D eigenvalue weighted by Gasteiger charge is -2.24. The summed E-state index contributed by atoms with van der Waals surface area (Å²) in [6, 6.07) is 9.90. The van der Waals surface area contributed by atoms with Gasteiger partial charge in [0.15, 0.2) is 0 Å². The van der Waals surface area contributed by atoms with Crippen molar-refractivity contribution in [3.63, 3.8) is 0 Å². The highest BCUT2D eigenvalue weighted by Gasteiger charge is 2.41. The third-order valence-corrected chi connectivity index (χ3v) is 6.79. The molecule has 0 radical (unpaired) electrons. The van der Waals surface area contributed by atoms with Gasteiger partial charge in [0.1, 0.15) is 23.5 Å². The fraction of sp³-hybridized carbons (Fsp3) is 0.345. The standard InChI is InChI=1S/C29H28F5NO3/c1-15(2)23-12-24(26(37-5)13-25(23)31)22-7-6-21(30)11-19(22)14-35-17(4)27(38-28(35)36)18-8-16(3)9-20(10-18)29(32,33)34/h6-13,15,17,27H,14H2,1-5H3/t17-,27-/m0/s1. The van der Waals surface area contributed by atoms with E-state index in [0.717, 1.165) is 12.1 Å². The number of methoxy groups -OCH3 is 1. The van der Waals surface area contributed by atoms with E-state index in [9.17, 15) is 26.7 Å². The zero-order valence-electron chi connectivity index (χ0n) is 21.6. The summed E-state index contributed by atoms with van der Waals surface area (Å²) in [5.74, 6) is -0.859. The summed E-state index contributed by atoms with van der Waals surface area (Å²) in [5, 5.41) is 0. The number of halogens is 5. The van der Waals surface area contributed by atoms with Crippen LogP contribution >= 0.6 is 0 Å². The van der Waals surface area contributed by atoms with E-state index in [2.05, 4.69) is 0 Å². The summed E-state index contributed by atoms with van der Waals surface area (Å²) in [6.07, 6.45) is -6.23. The van der Waals surface area contributed by atoms with Gasteiger partial charge in [-0.1, -0.05) is 31.5 Å². The third kappa shape index (κ3) is 5.33. The molecule has 3 aromatic rings. The zero-order valence-corrected chi connectivity index (χ0v) is 21.6. The molecule has 0 unspecified atom stereocenters. The molecular weight excluding hydrogens is 505 g/mol. The van der Waals surface area contributed by atoms with Crippen LogP contribution in [-0.2, 0) is 17.5 Å². The van der Waals surface area contributed by atoms with E-state index in [1.807, 2.05) is 13.8 Å². The first kappa shape index (κ1) is 27.4. The van der Waals surface area contributed by atoms with Gasteiger partial charge >= 0.3 is 12.3 Å². The maximum absolute atomic E-state index is 14.6. The van der Waals surface area contributed by atoms with Crippen LogP contribution < -0.4 is 4.74 Å². The Labute approximate surface area is 218 Å². The number of hydrogen-bond donors (Lipinski definition) is 0. The summed E-state index contributed by atoms with van der Waals surface area (Å²) in [4.78, 5) is 14.2. The first-order valence-electron chi connectivity index (χ1n) is 12.1. The highest BCUT2D eigenvalue weighted by atomic mass is 19.4. The van der Waals surface area contributed by atoms with Gasteiger partial charge < -0.3 is 9.47 Å². The Bertz CT molecular complexity index is 1370. The van der Waals surface area contributed by atoms with Crippen LogP contribution in [-0.4, -0.2) is 24.1 Å². The summed E-state index contributed by atoms with van der Waals surface area (Å²) in [7, 11) is 1.40. The van der Waals surface area contributed by atoms with Crippen LogP contribution in [0.3, 0.4) is 0 Å². The third-order valence-electron chi connectivity index (χ3n) is 6.79. The van der Waals surface area contributed by atoms with Crippen molar-refractivity contribution < 1.29 is 36.2 Å². The number of carbonyl (C=O) groups is 1. The van der Waals surface area contributed by atoms with Crippen molar-refractivity contribution in [2.75, 3.05) is 7.11 Å². The van der Waals surface area contributed by atoms with E-state index in [1.54, 1.807) is 26.0 Å². The lowest BCUT2D eigenvalue weighted by atomic mass is 9.92. The molecule has 1 saturated heterocycles. The fourth-order valence-electron chi connectivity index (χ4n) is 4.83. The SMILES string of the molecule is COc1cc(F)c(C(C)C)cc1-c1ccc(F)cc1CN1C(=O)O[C@H](c2cc(C)cc(C(F)(F)F)c2)[C@@H]1C. The van der Waals surface area contributed by atoms with Gasteiger partial charge in [0, 0.05) is 11.6 Å². The van der Waals surface area contributed by atoms with Crippen molar-refractivity contribution in [2.24, 2.45) is 0 Å². The molecule has 1 aliphatic heterocycles. The summed E-state index contributed by atoms with van der Waals surface area (Å²) >= 11 is 0. The second-order valence-corrected chi connectivity index (χ2v) is 9.83. The first-order valence-corrected chi connectivity index (χ1v) is 12.1.